The van der Waals surface area contributed by atoms with Gasteiger partial charge in [0.25, 0.3) is 0 Å². The van der Waals surface area contributed by atoms with Gasteiger partial charge in [0, 0.05) is 13.1 Å². The summed E-state index contributed by atoms with van der Waals surface area (Å²) in [6, 6.07) is 0. The van der Waals surface area contributed by atoms with Crippen LogP contribution in [0.25, 0.3) is 0 Å². The number of amides is 1. The lowest BCUT2D eigenvalue weighted by atomic mass is 9.90. The summed E-state index contributed by atoms with van der Waals surface area (Å²) in [6.45, 7) is 7.18. The normalized spacial score (nSPS) is 20.7. The number of rotatable bonds is 1. The van der Waals surface area contributed by atoms with Crippen LogP contribution in [0.4, 0.5) is 4.79 Å². The first-order chi connectivity index (χ1) is 8.96. The molecule has 106 valence electrons. The van der Waals surface area contributed by atoms with Crippen LogP contribution in [0.5, 0.6) is 0 Å². The Labute approximate surface area is 116 Å². The van der Waals surface area contributed by atoms with E-state index >= 15 is 0 Å². The van der Waals surface area contributed by atoms with E-state index in [0.717, 1.165) is 13.0 Å². The van der Waals surface area contributed by atoms with E-state index < -0.39 is 5.60 Å². The number of allylic oxidation sites excluding steroid dienone is 2. The summed E-state index contributed by atoms with van der Waals surface area (Å²) in [5, 5.41) is 0. The molecule has 19 heavy (non-hydrogen) atoms. The molecule has 0 aromatic rings. The van der Waals surface area contributed by atoms with Crippen molar-refractivity contribution in [1.82, 2.24) is 4.90 Å². The van der Waals surface area contributed by atoms with Crippen LogP contribution in [-0.4, -0.2) is 29.7 Å². The minimum Gasteiger partial charge on any atom is -0.444 e. The van der Waals surface area contributed by atoms with E-state index in [0.29, 0.717) is 6.54 Å². The molecule has 3 nitrogen and oxygen atoms in total. The van der Waals surface area contributed by atoms with E-state index in [2.05, 4.69) is 12.2 Å². The lowest BCUT2D eigenvalue weighted by Crippen LogP contribution is -2.39. The number of nitrogens with zero attached hydrogens (tertiary/aromatic N) is 1. The molecule has 1 aliphatic heterocycles. The number of carbonyl (C=O) groups is 1. The first kappa shape index (κ1) is 14.2. The standard InChI is InChI=1S/C16H25NO2/c1-16(2,3)19-15(18)17-11-9-14(10-12-17)13-7-5-4-6-8-13/h7,9H,4-6,8,10-12H2,1-3H3. The molecule has 0 fully saturated rings. The summed E-state index contributed by atoms with van der Waals surface area (Å²) in [5.41, 5.74) is 2.54. The van der Waals surface area contributed by atoms with Crippen LogP contribution in [0.2, 0.25) is 0 Å². The van der Waals surface area contributed by atoms with Gasteiger partial charge in [-0.05, 0) is 64.0 Å². The maximum absolute atomic E-state index is 12.0. The molecule has 1 amide bonds. The molecule has 1 aliphatic carbocycles. The third kappa shape index (κ3) is 4.12. The van der Waals surface area contributed by atoms with Gasteiger partial charge in [0.2, 0.25) is 0 Å². The molecule has 0 atom stereocenters. The molecular weight excluding hydrogens is 238 g/mol. The maximum atomic E-state index is 12.0. The number of carbonyl (C=O) groups excluding carboxylic acids is 1. The molecule has 0 saturated carbocycles. The predicted molar refractivity (Wildman–Crippen MR) is 77.1 cm³/mol. The molecule has 0 radical (unpaired) electrons. The molecule has 0 unspecified atom stereocenters. The second-order valence-corrected chi connectivity index (χ2v) is 6.38. The van der Waals surface area contributed by atoms with Crippen molar-refractivity contribution in [2.75, 3.05) is 13.1 Å². The van der Waals surface area contributed by atoms with Crippen LogP contribution in [-0.2, 0) is 4.74 Å². The van der Waals surface area contributed by atoms with Crippen molar-refractivity contribution in [3.05, 3.63) is 23.3 Å². The Kier molecular flexibility index (Phi) is 4.33. The summed E-state index contributed by atoms with van der Waals surface area (Å²) >= 11 is 0. The number of hydrogen-bond donors (Lipinski definition) is 0. The second-order valence-electron chi connectivity index (χ2n) is 6.38. The fourth-order valence-corrected chi connectivity index (χ4v) is 2.58. The smallest absolute Gasteiger partial charge is 0.410 e. The van der Waals surface area contributed by atoms with Crippen molar-refractivity contribution in [1.29, 1.82) is 0 Å². The molecule has 0 bridgehead atoms. The zero-order valence-electron chi connectivity index (χ0n) is 12.4. The summed E-state index contributed by atoms with van der Waals surface area (Å²) in [5.74, 6) is 0. The molecule has 0 spiro atoms. The van der Waals surface area contributed by atoms with Gasteiger partial charge >= 0.3 is 6.09 Å². The van der Waals surface area contributed by atoms with Crippen LogP contribution in [0.3, 0.4) is 0 Å². The Balaban J connectivity index is 1.92. The van der Waals surface area contributed by atoms with E-state index in [1.807, 2.05) is 20.8 Å². The highest BCUT2D eigenvalue weighted by Crippen LogP contribution is 2.28. The van der Waals surface area contributed by atoms with Crippen LogP contribution in [0.15, 0.2) is 23.3 Å². The minimum atomic E-state index is -0.410. The monoisotopic (exact) mass is 263 g/mol. The van der Waals surface area contributed by atoms with E-state index in [1.165, 1.54) is 36.8 Å². The van der Waals surface area contributed by atoms with Gasteiger partial charge in [0.15, 0.2) is 0 Å². The van der Waals surface area contributed by atoms with E-state index in [1.54, 1.807) is 4.90 Å². The molecular formula is C16H25NO2. The molecule has 0 aromatic carbocycles. The highest BCUT2D eigenvalue weighted by molar-refractivity contribution is 5.68. The average Bonchev–Trinajstić information content (AvgIpc) is 2.38. The predicted octanol–water partition coefficient (Wildman–Crippen LogP) is 4.05. The molecule has 2 rings (SSSR count). The van der Waals surface area contributed by atoms with E-state index in [-0.39, 0.29) is 6.09 Å². The largest absolute Gasteiger partial charge is 0.444 e. The summed E-state index contributed by atoms with van der Waals surface area (Å²) in [4.78, 5) is 13.7. The second kappa shape index (κ2) is 5.81. The van der Waals surface area contributed by atoms with Gasteiger partial charge < -0.3 is 9.64 Å². The van der Waals surface area contributed by atoms with Crippen LogP contribution in [0.1, 0.15) is 52.9 Å². The Morgan fingerprint density at radius 1 is 1.16 bits per heavy atom. The molecule has 1 heterocycles. The van der Waals surface area contributed by atoms with Gasteiger partial charge in [-0.25, -0.2) is 4.79 Å². The van der Waals surface area contributed by atoms with Crippen LogP contribution >= 0.6 is 0 Å². The topological polar surface area (TPSA) is 29.5 Å². The van der Waals surface area contributed by atoms with Crippen molar-refractivity contribution in [3.8, 4) is 0 Å². The van der Waals surface area contributed by atoms with Gasteiger partial charge in [-0.1, -0.05) is 12.2 Å². The Hall–Kier alpha value is -1.25. The molecule has 0 aromatic heterocycles. The number of hydrogen-bond acceptors (Lipinski definition) is 2. The third-order valence-corrected chi connectivity index (χ3v) is 3.56. The summed E-state index contributed by atoms with van der Waals surface area (Å²) in [6.07, 6.45) is 10.4. The van der Waals surface area contributed by atoms with Gasteiger partial charge in [-0.3, -0.25) is 0 Å². The van der Waals surface area contributed by atoms with Crippen LogP contribution < -0.4 is 0 Å². The maximum Gasteiger partial charge on any atom is 0.410 e. The molecule has 0 saturated heterocycles. The quantitative estimate of drug-likeness (QED) is 0.714. The van der Waals surface area contributed by atoms with Gasteiger partial charge in [-0.15, -0.1) is 0 Å². The molecule has 2 aliphatic rings. The minimum absolute atomic E-state index is 0.194. The van der Waals surface area contributed by atoms with E-state index in [4.69, 9.17) is 4.74 Å². The molecule has 3 heteroatoms. The SMILES string of the molecule is CC(C)(C)OC(=O)N1CC=C(C2=CCCCC2)CC1. The van der Waals surface area contributed by atoms with Gasteiger partial charge in [-0.2, -0.15) is 0 Å². The van der Waals surface area contributed by atoms with Crippen molar-refractivity contribution in [2.45, 2.75) is 58.5 Å². The highest BCUT2D eigenvalue weighted by atomic mass is 16.6. The fourth-order valence-electron chi connectivity index (χ4n) is 2.58. The first-order valence-electron chi connectivity index (χ1n) is 7.32. The first-order valence-corrected chi connectivity index (χ1v) is 7.32. The Morgan fingerprint density at radius 2 is 1.89 bits per heavy atom. The summed E-state index contributed by atoms with van der Waals surface area (Å²) in [7, 11) is 0. The van der Waals surface area contributed by atoms with E-state index in [9.17, 15) is 4.79 Å². The van der Waals surface area contributed by atoms with Gasteiger partial charge in [0.1, 0.15) is 5.60 Å². The van der Waals surface area contributed by atoms with Crippen LogP contribution in [0, 0.1) is 0 Å². The summed E-state index contributed by atoms with van der Waals surface area (Å²) < 4.78 is 5.40. The van der Waals surface area contributed by atoms with Crippen molar-refractivity contribution < 1.29 is 9.53 Å². The lowest BCUT2D eigenvalue weighted by Gasteiger charge is -2.30. The number of ether oxygens (including phenoxy) is 1. The highest BCUT2D eigenvalue weighted by Gasteiger charge is 2.24. The zero-order valence-corrected chi connectivity index (χ0v) is 12.4. The fraction of sp³-hybridized carbons (Fsp3) is 0.688. The molecule has 0 N–H and O–H groups in total. The van der Waals surface area contributed by atoms with Gasteiger partial charge in [0.05, 0.1) is 0 Å². The zero-order chi connectivity index (χ0) is 13.9. The Morgan fingerprint density at radius 3 is 2.42 bits per heavy atom. The Bertz CT molecular complexity index is 401. The third-order valence-electron chi connectivity index (χ3n) is 3.56. The van der Waals surface area contributed by atoms with Crippen molar-refractivity contribution >= 4 is 6.09 Å². The van der Waals surface area contributed by atoms with Crippen molar-refractivity contribution in [3.63, 3.8) is 0 Å². The lowest BCUT2D eigenvalue weighted by molar-refractivity contribution is 0.0266. The average molecular weight is 263 g/mol. The van der Waals surface area contributed by atoms with Crippen molar-refractivity contribution in [2.24, 2.45) is 0 Å².